The molecule has 0 saturated carbocycles. The van der Waals surface area contributed by atoms with Crippen LogP contribution in [0, 0.1) is 0 Å². The fourth-order valence-electron chi connectivity index (χ4n) is 1.67. The molecule has 0 amide bonds. The largest absolute Gasteiger partial charge is 0.487 e. The van der Waals surface area contributed by atoms with Crippen LogP contribution in [0.2, 0.25) is 0 Å². The van der Waals surface area contributed by atoms with Gasteiger partial charge in [0, 0.05) is 22.4 Å². The lowest BCUT2D eigenvalue weighted by Gasteiger charge is -2.19. The van der Waals surface area contributed by atoms with Crippen molar-refractivity contribution in [3.63, 3.8) is 0 Å². The molecule has 0 spiro atoms. The number of rotatable bonds is 6. The maximum Gasteiger partial charge on any atom is 0.131 e. The molecule has 0 aliphatic carbocycles. The first-order chi connectivity index (χ1) is 9.96. The second-order valence-electron chi connectivity index (χ2n) is 5.80. The number of nitrogens with one attached hydrogen (secondary N) is 1. The van der Waals surface area contributed by atoms with Gasteiger partial charge in [-0.3, -0.25) is 0 Å². The van der Waals surface area contributed by atoms with Crippen LogP contribution in [-0.2, 0) is 13.2 Å². The average Bonchev–Trinajstić information content (AvgIpc) is 2.91. The molecule has 5 heteroatoms. The number of aromatic nitrogens is 1. The van der Waals surface area contributed by atoms with E-state index in [-0.39, 0.29) is 5.54 Å². The van der Waals surface area contributed by atoms with Gasteiger partial charge >= 0.3 is 0 Å². The average molecular weight is 322 g/mol. The molecule has 0 bridgehead atoms. The first-order valence-electron chi connectivity index (χ1n) is 6.91. The van der Waals surface area contributed by atoms with E-state index < -0.39 is 0 Å². The van der Waals surface area contributed by atoms with Crippen molar-refractivity contribution in [1.29, 1.82) is 0 Å². The maximum atomic E-state index is 5.76. The Morgan fingerprint density at radius 3 is 2.57 bits per heavy atom. The number of thiazole rings is 1. The van der Waals surface area contributed by atoms with E-state index in [9.17, 15) is 0 Å². The lowest BCUT2D eigenvalue weighted by molar-refractivity contribution is 0.301. The van der Waals surface area contributed by atoms with Gasteiger partial charge in [-0.05, 0) is 51.3 Å². The molecule has 0 aliphatic heterocycles. The summed E-state index contributed by atoms with van der Waals surface area (Å²) in [4.78, 5) is 5.83. The quantitative estimate of drug-likeness (QED) is 0.803. The second-order valence-corrected chi connectivity index (χ2v) is 7.62. The van der Waals surface area contributed by atoms with E-state index in [2.05, 4.69) is 54.8 Å². The Bertz CT molecular complexity index is 558. The van der Waals surface area contributed by atoms with Gasteiger partial charge in [0.05, 0.1) is 5.69 Å². The number of hydrogen-bond donors (Lipinski definition) is 1. The van der Waals surface area contributed by atoms with Crippen molar-refractivity contribution in [2.75, 3.05) is 6.26 Å². The van der Waals surface area contributed by atoms with Crippen LogP contribution in [0.25, 0.3) is 0 Å². The molecule has 0 aliphatic rings. The van der Waals surface area contributed by atoms with Gasteiger partial charge in [0.2, 0.25) is 0 Å². The summed E-state index contributed by atoms with van der Waals surface area (Å²) in [5.41, 5.74) is 1.10. The summed E-state index contributed by atoms with van der Waals surface area (Å²) < 4.78 is 5.76. The molecular weight excluding hydrogens is 300 g/mol. The second kappa shape index (κ2) is 7.29. The highest BCUT2D eigenvalue weighted by Gasteiger charge is 2.10. The molecule has 0 atom stereocenters. The fourth-order valence-corrected chi connectivity index (χ4v) is 2.79. The molecule has 0 radical (unpaired) electrons. The highest BCUT2D eigenvalue weighted by atomic mass is 32.2. The third kappa shape index (κ3) is 5.69. The van der Waals surface area contributed by atoms with Crippen LogP contribution < -0.4 is 10.1 Å². The molecule has 0 saturated heterocycles. The number of thioether (sulfide) groups is 1. The van der Waals surface area contributed by atoms with Crippen LogP contribution in [0.4, 0.5) is 0 Å². The maximum absolute atomic E-state index is 5.76. The lowest BCUT2D eigenvalue weighted by atomic mass is 10.1. The summed E-state index contributed by atoms with van der Waals surface area (Å²) in [5, 5.41) is 6.61. The van der Waals surface area contributed by atoms with E-state index in [1.165, 1.54) is 4.90 Å². The van der Waals surface area contributed by atoms with Gasteiger partial charge in [-0.2, -0.15) is 0 Å². The SMILES string of the molecule is CSc1ccc(OCc2csc(CNC(C)(C)C)n2)cc1. The molecule has 2 rings (SSSR count). The van der Waals surface area contributed by atoms with E-state index >= 15 is 0 Å². The van der Waals surface area contributed by atoms with Crippen molar-refractivity contribution in [2.24, 2.45) is 0 Å². The molecule has 2 aromatic rings. The van der Waals surface area contributed by atoms with Crippen LogP contribution in [-0.4, -0.2) is 16.8 Å². The summed E-state index contributed by atoms with van der Waals surface area (Å²) in [6.07, 6.45) is 2.07. The molecule has 1 N–H and O–H groups in total. The predicted molar refractivity (Wildman–Crippen MR) is 91.3 cm³/mol. The van der Waals surface area contributed by atoms with Crippen molar-refractivity contribution in [2.45, 2.75) is 44.4 Å². The zero-order valence-corrected chi connectivity index (χ0v) is 14.6. The van der Waals surface area contributed by atoms with Gasteiger partial charge in [0.1, 0.15) is 17.4 Å². The summed E-state index contributed by atoms with van der Waals surface area (Å²) in [5.74, 6) is 0.884. The van der Waals surface area contributed by atoms with Crippen LogP contribution >= 0.6 is 23.1 Å². The van der Waals surface area contributed by atoms with Gasteiger partial charge in [0.15, 0.2) is 0 Å². The molecular formula is C16H22N2OS2. The van der Waals surface area contributed by atoms with E-state index in [1.807, 2.05) is 12.1 Å². The highest BCUT2D eigenvalue weighted by Crippen LogP contribution is 2.20. The van der Waals surface area contributed by atoms with Gasteiger partial charge in [-0.15, -0.1) is 23.1 Å². The fraction of sp³-hybridized carbons (Fsp3) is 0.438. The summed E-state index contributed by atoms with van der Waals surface area (Å²) >= 11 is 3.40. The monoisotopic (exact) mass is 322 g/mol. The molecule has 0 unspecified atom stereocenters. The Morgan fingerprint density at radius 1 is 1.24 bits per heavy atom. The summed E-state index contributed by atoms with van der Waals surface area (Å²) in [6.45, 7) is 7.79. The van der Waals surface area contributed by atoms with Crippen molar-refractivity contribution >= 4 is 23.1 Å². The van der Waals surface area contributed by atoms with Gasteiger partial charge in [-0.25, -0.2) is 4.98 Å². The van der Waals surface area contributed by atoms with Crippen molar-refractivity contribution in [3.8, 4) is 5.75 Å². The third-order valence-corrected chi connectivity index (χ3v) is 4.46. The molecule has 21 heavy (non-hydrogen) atoms. The van der Waals surface area contributed by atoms with E-state index in [0.29, 0.717) is 6.61 Å². The van der Waals surface area contributed by atoms with Gasteiger partial charge in [-0.1, -0.05) is 0 Å². The standard InChI is InChI=1S/C16H22N2OS2/c1-16(2,3)17-9-15-18-12(11-21-15)10-19-13-5-7-14(20-4)8-6-13/h5-8,11,17H,9-10H2,1-4H3. The molecule has 1 heterocycles. The summed E-state index contributed by atoms with van der Waals surface area (Å²) in [6, 6.07) is 8.14. The van der Waals surface area contributed by atoms with E-state index in [1.54, 1.807) is 23.1 Å². The minimum Gasteiger partial charge on any atom is -0.487 e. The van der Waals surface area contributed by atoms with Gasteiger partial charge in [0.25, 0.3) is 0 Å². The van der Waals surface area contributed by atoms with E-state index in [4.69, 9.17) is 4.74 Å². The third-order valence-electron chi connectivity index (χ3n) is 2.82. The molecule has 0 fully saturated rings. The van der Waals surface area contributed by atoms with Crippen molar-refractivity contribution < 1.29 is 4.74 Å². The Labute approximate surface area is 135 Å². The van der Waals surface area contributed by atoms with Crippen molar-refractivity contribution in [3.05, 3.63) is 40.3 Å². The van der Waals surface area contributed by atoms with Crippen LogP contribution in [0.1, 0.15) is 31.5 Å². The Hall–Kier alpha value is -1.04. The molecule has 1 aromatic heterocycles. The molecule has 3 nitrogen and oxygen atoms in total. The first kappa shape index (κ1) is 16.3. The minimum absolute atomic E-state index is 0.112. The zero-order valence-electron chi connectivity index (χ0n) is 13.0. The van der Waals surface area contributed by atoms with Crippen LogP contribution in [0.5, 0.6) is 5.75 Å². The van der Waals surface area contributed by atoms with Crippen LogP contribution in [0.3, 0.4) is 0 Å². The minimum atomic E-state index is 0.112. The molecule has 114 valence electrons. The van der Waals surface area contributed by atoms with E-state index in [0.717, 1.165) is 23.0 Å². The summed E-state index contributed by atoms with van der Waals surface area (Å²) in [7, 11) is 0. The Balaban J connectivity index is 1.84. The van der Waals surface area contributed by atoms with Gasteiger partial charge < -0.3 is 10.1 Å². The first-order valence-corrected chi connectivity index (χ1v) is 9.02. The number of benzene rings is 1. The Kier molecular flexibility index (Phi) is 5.67. The highest BCUT2D eigenvalue weighted by molar-refractivity contribution is 7.98. The zero-order chi connectivity index (χ0) is 15.3. The topological polar surface area (TPSA) is 34.1 Å². The predicted octanol–water partition coefficient (Wildman–Crippen LogP) is 4.33. The normalized spacial score (nSPS) is 11.6. The Morgan fingerprint density at radius 2 is 1.95 bits per heavy atom. The van der Waals surface area contributed by atoms with Crippen LogP contribution in [0.15, 0.2) is 34.5 Å². The smallest absolute Gasteiger partial charge is 0.131 e. The number of ether oxygens (including phenoxy) is 1. The molecule has 1 aromatic carbocycles. The number of nitrogens with zero attached hydrogens (tertiary/aromatic N) is 1. The van der Waals surface area contributed by atoms with Crippen molar-refractivity contribution in [1.82, 2.24) is 10.3 Å². The lowest BCUT2D eigenvalue weighted by Crippen LogP contribution is -2.35. The number of hydrogen-bond acceptors (Lipinski definition) is 5.